The summed E-state index contributed by atoms with van der Waals surface area (Å²) in [5, 5.41) is 0. The SMILES string of the molecule is Cc1ccc(S(=O)(=O)NCC2(N)CCCCCC2)s1.Cl. The lowest BCUT2D eigenvalue weighted by Gasteiger charge is -2.28. The standard InChI is InChI=1S/C13H22N2O2S2.ClH/c1-11-6-7-12(18-11)19(16,17)15-10-13(14)8-4-2-3-5-9-13;/h6-7,15H,2-5,8-10,14H2,1H3;1H. The quantitative estimate of drug-likeness (QED) is 0.829. The van der Waals surface area contributed by atoms with Crippen LogP contribution in [0.4, 0.5) is 0 Å². The molecule has 0 spiro atoms. The molecule has 0 saturated heterocycles. The van der Waals surface area contributed by atoms with Crippen molar-refractivity contribution >= 4 is 33.8 Å². The van der Waals surface area contributed by atoms with E-state index in [0.29, 0.717) is 10.8 Å². The van der Waals surface area contributed by atoms with Crippen LogP contribution in [0.15, 0.2) is 16.3 Å². The Hall–Kier alpha value is -0.140. The molecule has 0 atom stereocenters. The van der Waals surface area contributed by atoms with Crippen molar-refractivity contribution in [2.75, 3.05) is 6.54 Å². The third-order valence-electron chi connectivity index (χ3n) is 3.69. The second-order valence-corrected chi connectivity index (χ2v) is 8.75. The van der Waals surface area contributed by atoms with Gasteiger partial charge in [-0.05, 0) is 31.9 Å². The van der Waals surface area contributed by atoms with Crippen molar-refractivity contribution in [1.29, 1.82) is 0 Å². The molecule has 1 aromatic heterocycles. The molecule has 0 aliphatic heterocycles. The van der Waals surface area contributed by atoms with Gasteiger partial charge in [-0.25, -0.2) is 13.1 Å². The molecule has 2 rings (SSSR count). The van der Waals surface area contributed by atoms with E-state index in [4.69, 9.17) is 5.73 Å². The van der Waals surface area contributed by atoms with E-state index in [1.807, 2.05) is 13.0 Å². The Bertz CT molecular complexity index is 520. The number of thiophene rings is 1. The average Bonchev–Trinajstić information content (AvgIpc) is 2.68. The molecule has 1 saturated carbocycles. The molecule has 1 aliphatic rings. The van der Waals surface area contributed by atoms with Gasteiger partial charge in [-0.2, -0.15) is 0 Å². The van der Waals surface area contributed by atoms with Crippen molar-refractivity contribution in [1.82, 2.24) is 4.72 Å². The number of halogens is 1. The topological polar surface area (TPSA) is 72.2 Å². The summed E-state index contributed by atoms with van der Waals surface area (Å²) in [6.07, 6.45) is 6.40. The molecular formula is C13H23ClN2O2S2. The van der Waals surface area contributed by atoms with Gasteiger partial charge in [-0.3, -0.25) is 0 Å². The maximum atomic E-state index is 12.2. The van der Waals surface area contributed by atoms with Gasteiger partial charge in [0.2, 0.25) is 10.0 Å². The summed E-state index contributed by atoms with van der Waals surface area (Å²) in [4.78, 5) is 0.998. The van der Waals surface area contributed by atoms with Gasteiger partial charge in [-0.1, -0.05) is 25.7 Å². The summed E-state index contributed by atoms with van der Waals surface area (Å²) in [5.41, 5.74) is 5.95. The lowest BCUT2D eigenvalue weighted by atomic mass is 9.92. The number of sulfonamides is 1. The minimum Gasteiger partial charge on any atom is -0.324 e. The van der Waals surface area contributed by atoms with Crippen LogP contribution >= 0.6 is 23.7 Å². The van der Waals surface area contributed by atoms with E-state index in [9.17, 15) is 8.42 Å². The van der Waals surface area contributed by atoms with Gasteiger partial charge in [-0.15, -0.1) is 23.7 Å². The fourth-order valence-electron chi connectivity index (χ4n) is 2.48. The third-order valence-corrected chi connectivity index (χ3v) is 6.59. The van der Waals surface area contributed by atoms with Crippen LogP contribution in [0.5, 0.6) is 0 Å². The summed E-state index contributed by atoms with van der Waals surface area (Å²) in [6.45, 7) is 2.24. The molecule has 0 unspecified atom stereocenters. The number of rotatable bonds is 4. The molecule has 1 heterocycles. The van der Waals surface area contributed by atoms with Crippen molar-refractivity contribution in [3.63, 3.8) is 0 Å². The van der Waals surface area contributed by atoms with Crippen molar-refractivity contribution in [2.24, 2.45) is 5.73 Å². The Labute approximate surface area is 131 Å². The first kappa shape index (κ1) is 17.9. The summed E-state index contributed by atoms with van der Waals surface area (Å²) >= 11 is 1.29. The minimum absolute atomic E-state index is 0. The summed E-state index contributed by atoms with van der Waals surface area (Å²) in [6, 6.07) is 3.47. The van der Waals surface area contributed by atoms with Gasteiger partial charge in [0.1, 0.15) is 4.21 Å². The van der Waals surface area contributed by atoms with Crippen LogP contribution in [0, 0.1) is 6.92 Å². The van der Waals surface area contributed by atoms with Crippen LogP contribution in [-0.4, -0.2) is 20.5 Å². The zero-order valence-corrected chi connectivity index (χ0v) is 14.2. The normalized spacial score (nSPS) is 19.1. The first-order valence-electron chi connectivity index (χ1n) is 6.76. The van der Waals surface area contributed by atoms with Crippen LogP contribution in [-0.2, 0) is 10.0 Å². The van der Waals surface area contributed by atoms with E-state index in [-0.39, 0.29) is 17.9 Å². The van der Waals surface area contributed by atoms with Crippen molar-refractivity contribution < 1.29 is 8.42 Å². The maximum absolute atomic E-state index is 12.2. The molecule has 1 aliphatic carbocycles. The highest BCUT2D eigenvalue weighted by Gasteiger charge is 2.28. The van der Waals surface area contributed by atoms with Gasteiger partial charge in [0.05, 0.1) is 0 Å². The predicted octanol–water partition coefficient (Wildman–Crippen LogP) is 2.81. The highest BCUT2D eigenvalue weighted by molar-refractivity contribution is 7.91. The molecule has 116 valence electrons. The van der Waals surface area contributed by atoms with Gasteiger partial charge in [0.25, 0.3) is 0 Å². The molecule has 1 fully saturated rings. The van der Waals surface area contributed by atoms with Gasteiger partial charge in [0.15, 0.2) is 0 Å². The number of aryl methyl sites for hydroxylation is 1. The van der Waals surface area contributed by atoms with Crippen LogP contribution < -0.4 is 10.5 Å². The van der Waals surface area contributed by atoms with Gasteiger partial charge >= 0.3 is 0 Å². The molecular weight excluding hydrogens is 316 g/mol. The van der Waals surface area contributed by atoms with Gasteiger partial charge in [0, 0.05) is 17.0 Å². The summed E-state index contributed by atoms with van der Waals surface area (Å²) in [5.74, 6) is 0. The lowest BCUT2D eigenvalue weighted by molar-refractivity contribution is 0.369. The van der Waals surface area contributed by atoms with Crippen LogP contribution in [0.25, 0.3) is 0 Å². The molecule has 0 radical (unpaired) electrons. The monoisotopic (exact) mass is 338 g/mol. The maximum Gasteiger partial charge on any atom is 0.250 e. The first-order chi connectivity index (χ1) is 8.91. The zero-order chi connectivity index (χ0) is 13.9. The average molecular weight is 339 g/mol. The smallest absolute Gasteiger partial charge is 0.250 e. The third kappa shape index (κ3) is 4.70. The highest BCUT2D eigenvalue weighted by atomic mass is 35.5. The fourth-order valence-corrected chi connectivity index (χ4v) is 4.94. The molecule has 7 heteroatoms. The van der Waals surface area contributed by atoms with Gasteiger partial charge < -0.3 is 5.73 Å². The van der Waals surface area contributed by atoms with E-state index < -0.39 is 10.0 Å². The van der Waals surface area contributed by atoms with Crippen molar-refractivity contribution in [2.45, 2.75) is 55.2 Å². The molecule has 3 N–H and O–H groups in total. The predicted molar refractivity (Wildman–Crippen MR) is 86.1 cm³/mol. The number of hydrogen-bond acceptors (Lipinski definition) is 4. The van der Waals surface area contributed by atoms with Crippen molar-refractivity contribution in [3.05, 3.63) is 17.0 Å². The largest absolute Gasteiger partial charge is 0.324 e. The molecule has 0 amide bonds. The Kier molecular flexibility index (Phi) is 6.47. The first-order valence-corrected chi connectivity index (χ1v) is 9.06. The molecule has 1 aromatic rings. The van der Waals surface area contributed by atoms with Crippen LogP contribution in [0.1, 0.15) is 43.4 Å². The van der Waals surface area contributed by atoms with Crippen molar-refractivity contribution in [3.8, 4) is 0 Å². The number of nitrogens with one attached hydrogen (secondary N) is 1. The molecule has 20 heavy (non-hydrogen) atoms. The molecule has 0 bridgehead atoms. The van der Waals surface area contributed by atoms with E-state index in [1.54, 1.807) is 6.07 Å². The van der Waals surface area contributed by atoms with E-state index in [1.165, 1.54) is 24.2 Å². The van der Waals surface area contributed by atoms with E-state index >= 15 is 0 Å². The second-order valence-electron chi connectivity index (χ2n) is 5.47. The second kappa shape index (κ2) is 7.22. The Morgan fingerprint density at radius 1 is 1.25 bits per heavy atom. The van der Waals surface area contributed by atoms with E-state index in [0.717, 1.165) is 30.6 Å². The lowest BCUT2D eigenvalue weighted by Crippen LogP contribution is -2.49. The number of hydrogen-bond donors (Lipinski definition) is 2. The number of nitrogens with two attached hydrogens (primary N) is 1. The minimum atomic E-state index is -3.40. The molecule has 0 aromatic carbocycles. The van der Waals surface area contributed by atoms with E-state index in [2.05, 4.69) is 4.72 Å². The summed E-state index contributed by atoms with van der Waals surface area (Å²) < 4.78 is 27.4. The zero-order valence-electron chi connectivity index (χ0n) is 11.7. The molecule has 4 nitrogen and oxygen atoms in total. The fraction of sp³-hybridized carbons (Fsp3) is 0.692. The van der Waals surface area contributed by atoms with Crippen LogP contribution in [0.3, 0.4) is 0 Å². The Morgan fingerprint density at radius 3 is 2.35 bits per heavy atom. The Balaban J connectivity index is 0.00000200. The summed E-state index contributed by atoms with van der Waals surface area (Å²) in [7, 11) is -3.40. The van der Waals surface area contributed by atoms with Crippen LogP contribution in [0.2, 0.25) is 0 Å². The highest BCUT2D eigenvalue weighted by Crippen LogP contribution is 2.25. The Morgan fingerprint density at radius 2 is 1.85 bits per heavy atom.